The largest absolute Gasteiger partial charge is 0.491 e. The Labute approximate surface area is 68.0 Å². The molecule has 11 heavy (non-hydrogen) atoms. The average molecular weight is 149 g/mol. The van der Waals surface area contributed by atoms with Gasteiger partial charge < -0.3 is 4.74 Å². The number of ether oxygens (including phenoxy) is 1. The van der Waals surface area contributed by atoms with Crippen molar-refractivity contribution in [3.63, 3.8) is 0 Å². The SMILES string of the molecule is [CH2]C(C)Oc1cccc(C)c1. The minimum Gasteiger partial charge on any atom is -0.491 e. The first-order valence-corrected chi connectivity index (χ1v) is 3.75. The van der Waals surface area contributed by atoms with E-state index in [1.54, 1.807) is 0 Å². The summed E-state index contributed by atoms with van der Waals surface area (Å²) in [5.74, 6) is 0.896. The molecular formula is C10H13O. The molecule has 0 fully saturated rings. The van der Waals surface area contributed by atoms with E-state index in [1.165, 1.54) is 5.56 Å². The van der Waals surface area contributed by atoms with Gasteiger partial charge >= 0.3 is 0 Å². The van der Waals surface area contributed by atoms with Crippen molar-refractivity contribution in [1.29, 1.82) is 0 Å². The lowest BCUT2D eigenvalue weighted by Crippen LogP contribution is -2.05. The summed E-state index contributed by atoms with van der Waals surface area (Å²) < 4.78 is 5.38. The van der Waals surface area contributed by atoms with Gasteiger partial charge in [-0.15, -0.1) is 0 Å². The molecule has 0 N–H and O–H groups in total. The van der Waals surface area contributed by atoms with Gasteiger partial charge in [0.1, 0.15) is 5.75 Å². The monoisotopic (exact) mass is 149 g/mol. The normalized spacial score (nSPS) is 10.2. The molecule has 0 heterocycles. The second-order valence-electron chi connectivity index (χ2n) is 2.74. The predicted octanol–water partition coefficient (Wildman–Crippen LogP) is 2.60. The zero-order valence-electron chi connectivity index (χ0n) is 7.00. The van der Waals surface area contributed by atoms with E-state index in [4.69, 9.17) is 4.74 Å². The van der Waals surface area contributed by atoms with Gasteiger partial charge in [0.05, 0.1) is 6.10 Å². The molecule has 0 aliphatic carbocycles. The smallest absolute Gasteiger partial charge is 0.119 e. The fourth-order valence-electron chi connectivity index (χ4n) is 0.921. The fraction of sp³-hybridized carbons (Fsp3) is 0.300. The highest BCUT2D eigenvalue weighted by Crippen LogP contribution is 2.13. The average Bonchev–Trinajstić information content (AvgIpc) is 1.85. The third kappa shape index (κ3) is 2.62. The van der Waals surface area contributed by atoms with Crippen LogP contribution in [0.15, 0.2) is 24.3 Å². The highest BCUT2D eigenvalue weighted by atomic mass is 16.5. The Morgan fingerprint density at radius 1 is 1.45 bits per heavy atom. The van der Waals surface area contributed by atoms with Gasteiger partial charge in [0, 0.05) is 0 Å². The molecule has 1 aromatic rings. The Balaban J connectivity index is 2.71. The molecule has 0 bridgehead atoms. The van der Waals surface area contributed by atoms with Gasteiger partial charge in [-0.25, -0.2) is 0 Å². The van der Waals surface area contributed by atoms with E-state index in [0.717, 1.165) is 5.75 Å². The highest BCUT2D eigenvalue weighted by Gasteiger charge is 1.95. The van der Waals surface area contributed by atoms with Gasteiger partial charge in [-0.2, -0.15) is 0 Å². The summed E-state index contributed by atoms with van der Waals surface area (Å²) in [6, 6.07) is 7.96. The van der Waals surface area contributed by atoms with Crippen LogP contribution in [0.25, 0.3) is 0 Å². The van der Waals surface area contributed by atoms with Crippen LogP contribution in [-0.2, 0) is 0 Å². The number of rotatable bonds is 2. The number of hydrogen-bond acceptors (Lipinski definition) is 1. The van der Waals surface area contributed by atoms with Crippen molar-refractivity contribution >= 4 is 0 Å². The van der Waals surface area contributed by atoms with E-state index in [2.05, 4.69) is 6.92 Å². The van der Waals surface area contributed by atoms with Crippen molar-refractivity contribution in [2.45, 2.75) is 20.0 Å². The van der Waals surface area contributed by atoms with E-state index in [9.17, 15) is 0 Å². The molecule has 1 radical (unpaired) electrons. The lowest BCUT2D eigenvalue weighted by Gasteiger charge is -2.09. The van der Waals surface area contributed by atoms with Gasteiger partial charge in [0.2, 0.25) is 0 Å². The van der Waals surface area contributed by atoms with Gasteiger partial charge in [0.25, 0.3) is 0 Å². The summed E-state index contributed by atoms with van der Waals surface area (Å²) in [4.78, 5) is 0. The van der Waals surface area contributed by atoms with E-state index >= 15 is 0 Å². The van der Waals surface area contributed by atoms with Crippen LogP contribution in [0.5, 0.6) is 5.75 Å². The Morgan fingerprint density at radius 3 is 2.73 bits per heavy atom. The van der Waals surface area contributed by atoms with Gasteiger partial charge in [-0.05, 0) is 38.5 Å². The van der Waals surface area contributed by atoms with Crippen LogP contribution in [0, 0.1) is 13.8 Å². The molecule has 1 nitrogen and oxygen atoms in total. The molecule has 0 amide bonds. The number of aryl methyl sites for hydroxylation is 1. The van der Waals surface area contributed by atoms with Gasteiger partial charge in [-0.1, -0.05) is 12.1 Å². The molecule has 0 aliphatic rings. The van der Waals surface area contributed by atoms with Crippen LogP contribution in [0.1, 0.15) is 12.5 Å². The van der Waals surface area contributed by atoms with Gasteiger partial charge in [-0.3, -0.25) is 0 Å². The van der Waals surface area contributed by atoms with Crippen molar-refractivity contribution in [3.8, 4) is 5.75 Å². The first kappa shape index (κ1) is 8.12. The Morgan fingerprint density at radius 2 is 2.18 bits per heavy atom. The van der Waals surface area contributed by atoms with Crippen LogP contribution in [-0.4, -0.2) is 6.10 Å². The fourth-order valence-corrected chi connectivity index (χ4v) is 0.921. The Kier molecular flexibility index (Phi) is 2.53. The van der Waals surface area contributed by atoms with Crippen LogP contribution in [0.3, 0.4) is 0 Å². The van der Waals surface area contributed by atoms with E-state index < -0.39 is 0 Å². The van der Waals surface area contributed by atoms with E-state index in [1.807, 2.05) is 38.1 Å². The third-order valence-corrected chi connectivity index (χ3v) is 1.33. The summed E-state index contributed by atoms with van der Waals surface area (Å²) in [6.07, 6.45) is 0.0109. The first-order valence-electron chi connectivity index (χ1n) is 3.75. The molecule has 1 heteroatoms. The van der Waals surface area contributed by atoms with E-state index in [-0.39, 0.29) is 6.10 Å². The van der Waals surface area contributed by atoms with E-state index in [0.29, 0.717) is 0 Å². The minimum absolute atomic E-state index is 0.0109. The summed E-state index contributed by atoms with van der Waals surface area (Å²) in [5, 5.41) is 0. The number of hydrogen-bond donors (Lipinski definition) is 0. The number of benzene rings is 1. The van der Waals surface area contributed by atoms with Crippen LogP contribution in [0.2, 0.25) is 0 Å². The highest BCUT2D eigenvalue weighted by molar-refractivity contribution is 5.27. The van der Waals surface area contributed by atoms with Crippen LogP contribution in [0.4, 0.5) is 0 Å². The lowest BCUT2D eigenvalue weighted by molar-refractivity contribution is 0.267. The summed E-state index contributed by atoms with van der Waals surface area (Å²) in [5.41, 5.74) is 1.21. The maximum absolute atomic E-state index is 5.38. The Bertz CT molecular complexity index is 228. The molecule has 0 saturated heterocycles. The quantitative estimate of drug-likeness (QED) is 0.628. The summed E-state index contributed by atoms with van der Waals surface area (Å²) >= 11 is 0. The molecule has 1 aromatic carbocycles. The molecule has 1 atom stereocenters. The molecule has 0 aromatic heterocycles. The lowest BCUT2D eigenvalue weighted by atomic mass is 10.2. The topological polar surface area (TPSA) is 9.23 Å². The van der Waals surface area contributed by atoms with Crippen molar-refractivity contribution in [3.05, 3.63) is 36.8 Å². The molecule has 1 rings (SSSR count). The molecule has 1 unspecified atom stereocenters. The zero-order valence-corrected chi connectivity index (χ0v) is 7.00. The Hall–Kier alpha value is -0.980. The minimum atomic E-state index is 0.0109. The predicted molar refractivity (Wildman–Crippen MR) is 46.6 cm³/mol. The third-order valence-electron chi connectivity index (χ3n) is 1.33. The van der Waals surface area contributed by atoms with Gasteiger partial charge in [0.15, 0.2) is 0 Å². The molecule has 0 aliphatic heterocycles. The van der Waals surface area contributed by atoms with Crippen LogP contribution >= 0.6 is 0 Å². The van der Waals surface area contributed by atoms with Crippen molar-refractivity contribution in [1.82, 2.24) is 0 Å². The summed E-state index contributed by atoms with van der Waals surface area (Å²) in [7, 11) is 0. The maximum atomic E-state index is 5.38. The second-order valence-corrected chi connectivity index (χ2v) is 2.74. The molecule has 0 spiro atoms. The van der Waals surface area contributed by atoms with Crippen LogP contribution < -0.4 is 4.74 Å². The summed E-state index contributed by atoms with van der Waals surface area (Å²) in [6.45, 7) is 7.70. The van der Waals surface area contributed by atoms with Crippen molar-refractivity contribution < 1.29 is 4.74 Å². The zero-order chi connectivity index (χ0) is 8.27. The molecule has 59 valence electrons. The maximum Gasteiger partial charge on any atom is 0.119 e. The standard InChI is InChI=1S/C10H13O/c1-8(2)11-10-6-4-5-9(3)7-10/h4-8H,1H2,2-3H3. The van der Waals surface area contributed by atoms with Crippen molar-refractivity contribution in [2.75, 3.05) is 0 Å². The first-order chi connectivity index (χ1) is 5.18. The molecular weight excluding hydrogens is 136 g/mol. The van der Waals surface area contributed by atoms with Crippen molar-refractivity contribution in [2.24, 2.45) is 0 Å². The second kappa shape index (κ2) is 3.42. The molecule has 0 saturated carbocycles.